The van der Waals surface area contributed by atoms with Crippen molar-refractivity contribution in [2.75, 3.05) is 46.5 Å². The Morgan fingerprint density at radius 3 is 2.92 bits per heavy atom. The van der Waals surface area contributed by atoms with Crippen LogP contribution in [0.25, 0.3) is 6.08 Å². The smallest absolute Gasteiger partial charge is 0.262 e. The summed E-state index contributed by atoms with van der Waals surface area (Å²) in [6.45, 7) is 4.60. The summed E-state index contributed by atoms with van der Waals surface area (Å²) >= 11 is 0. The van der Waals surface area contributed by atoms with Gasteiger partial charge in [-0.15, -0.1) is 0 Å². The van der Waals surface area contributed by atoms with Crippen LogP contribution in [0.1, 0.15) is 5.56 Å². The first-order valence-corrected chi connectivity index (χ1v) is 7.83. The van der Waals surface area contributed by atoms with Gasteiger partial charge in [-0.3, -0.25) is 4.79 Å². The van der Waals surface area contributed by atoms with Crippen molar-refractivity contribution in [3.05, 3.63) is 29.3 Å². The number of nitrogens with zero attached hydrogens (tertiary/aromatic N) is 1. The lowest BCUT2D eigenvalue weighted by Crippen LogP contribution is -3.14. The third-order valence-electron chi connectivity index (χ3n) is 3.88. The molecule has 0 spiro atoms. The fourth-order valence-electron chi connectivity index (χ4n) is 2.48. The number of quaternary nitrogens is 1. The molecule has 1 aromatic carbocycles. The van der Waals surface area contributed by atoms with Gasteiger partial charge in [-0.2, -0.15) is 5.26 Å². The third kappa shape index (κ3) is 4.72. The lowest BCUT2D eigenvalue weighted by molar-refractivity contribution is -0.906. The molecule has 24 heavy (non-hydrogen) atoms. The normalized spacial score (nSPS) is 15.6. The van der Waals surface area contributed by atoms with Crippen molar-refractivity contribution >= 4 is 12.0 Å². The van der Waals surface area contributed by atoms with Crippen molar-refractivity contribution in [2.45, 2.75) is 0 Å². The Labute approximate surface area is 141 Å². The van der Waals surface area contributed by atoms with Crippen LogP contribution in [0.2, 0.25) is 0 Å². The molecule has 0 aliphatic carbocycles. The van der Waals surface area contributed by atoms with Crippen molar-refractivity contribution in [3.63, 3.8) is 0 Å². The molecule has 1 saturated heterocycles. The Morgan fingerprint density at radius 2 is 2.25 bits per heavy atom. The van der Waals surface area contributed by atoms with Gasteiger partial charge in [-0.25, -0.2) is 0 Å². The Kier molecular flexibility index (Phi) is 6.61. The van der Waals surface area contributed by atoms with Gasteiger partial charge < -0.3 is 24.8 Å². The van der Waals surface area contributed by atoms with E-state index in [-0.39, 0.29) is 17.1 Å². The van der Waals surface area contributed by atoms with E-state index in [0.717, 1.165) is 32.8 Å². The number of carbonyl (C=O) groups excluding carboxylic acids is 1. The van der Waals surface area contributed by atoms with Crippen molar-refractivity contribution in [2.24, 2.45) is 0 Å². The number of hydrogen-bond acceptors (Lipinski definition) is 5. The van der Waals surface area contributed by atoms with Gasteiger partial charge in [0.15, 0.2) is 11.5 Å². The molecule has 0 saturated carbocycles. The molecule has 0 bridgehead atoms. The lowest BCUT2D eigenvalue weighted by atomic mass is 10.1. The van der Waals surface area contributed by atoms with Crippen molar-refractivity contribution < 1.29 is 24.3 Å². The minimum Gasteiger partial charge on any atom is -0.504 e. The van der Waals surface area contributed by atoms with Crippen LogP contribution in [0.3, 0.4) is 0 Å². The molecule has 2 rings (SSSR count). The zero-order valence-corrected chi connectivity index (χ0v) is 13.7. The van der Waals surface area contributed by atoms with Gasteiger partial charge in [0.2, 0.25) is 0 Å². The molecular formula is C17H22N3O4+. The maximum absolute atomic E-state index is 12.1. The van der Waals surface area contributed by atoms with Crippen LogP contribution >= 0.6 is 0 Å². The average Bonchev–Trinajstić information content (AvgIpc) is 2.61. The monoisotopic (exact) mass is 332 g/mol. The van der Waals surface area contributed by atoms with Crippen molar-refractivity contribution in [1.29, 1.82) is 5.26 Å². The van der Waals surface area contributed by atoms with Crippen LogP contribution in [0.5, 0.6) is 11.5 Å². The predicted molar refractivity (Wildman–Crippen MR) is 87.6 cm³/mol. The van der Waals surface area contributed by atoms with E-state index in [2.05, 4.69) is 5.32 Å². The molecule has 1 heterocycles. The molecule has 0 aromatic heterocycles. The molecule has 1 amide bonds. The molecule has 7 nitrogen and oxygen atoms in total. The van der Waals surface area contributed by atoms with E-state index in [1.807, 2.05) is 6.07 Å². The Hall–Kier alpha value is -2.56. The number of methoxy groups -OCH3 is 1. The van der Waals surface area contributed by atoms with Crippen LogP contribution in [0.4, 0.5) is 0 Å². The molecule has 1 fully saturated rings. The Bertz CT molecular complexity index is 646. The minimum absolute atomic E-state index is 0.0597. The molecule has 0 atom stereocenters. The number of ether oxygens (including phenoxy) is 2. The SMILES string of the molecule is COc1cccc(/C=C(/C#N)C(=O)NCC[NH+]2CCOCC2)c1O. The van der Waals surface area contributed by atoms with Crippen molar-refractivity contribution in [1.82, 2.24) is 5.32 Å². The zero-order chi connectivity index (χ0) is 17.4. The fourth-order valence-corrected chi connectivity index (χ4v) is 2.48. The zero-order valence-electron chi connectivity index (χ0n) is 13.7. The number of nitrogens with one attached hydrogen (secondary N) is 2. The van der Waals surface area contributed by atoms with Gasteiger partial charge in [0, 0.05) is 5.56 Å². The van der Waals surface area contributed by atoms with E-state index in [4.69, 9.17) is 9.47 Å². The van der Waals surface area contributed by atoms with E-state index in [0.29, 0.717) is 12.1 Å². The number of para-hydroxylation sites is 1. The van der Waals surface area contributed by atoms with Gasteiger partial charge in [0.1, 0.15) is 24.7 Å². The highest BCUT2D eigenvalue weighted by Crippen LogP contribution is 2.30. The van der Waals surface area contributed by atoms with E-state index >= 15 is 0 Å². The minimum atomic E-state index is -0.452. The van der Waals surface area contributed by atoms with Gasteiger partial charge >= 0.3 is 0 Å². The van der Waals surface area contributed by atoms with Crippen LogP contribution in [-0.4, -0.2) is 57.5 Å². The summed E-state index contributed by atoms with van der Waals surface area (Å²) in [5, 5.41) is 22.0. The summed E-state index contributed by atoms with van der Waals surface area (Å²) in [6, 6.07) is 6.77. The first-order chi connectivity index (χ1) is 11.7. The largest absolute Gasteiger partial charge is 0.504 e. The number of phenolic OH excluding ortho intramolecular Hbond substituents is 1. The summed E-state index contributed by atoms with van der Waals surface area (Å²) < 4.78 is 10.3. The Balaban J connectivity index is 1.97. The van der Waals surface area contributed by atoms with E-state index < -0.39 is 5.91 Å². The number of benzene rings is 1. The van der Waals surface area contributed by atoms with Gasteiger partial charge in [-0.05, 0) is 12.1 Å². The number of carbonyl (C=O) groups is 1. The summed E-state index contributed by atoms with van der Waals surface area (Å²) in [5.41, 5.74) is 0.301. The summed E-state index contributed by atoms with van der Waals surface area (Å²) in [4.78, 5) is 13.5. The molecule has 0 unspecified atom stereocenters. The first kappa shape index (κ1) is 17.8. The van der Waals surface area contributed by atoms with E-state index in [9.17, 15) is 15.2 Å². The molecule has 1 aliphatic heterocycles. The average molecular weight is 332 g/mol. The van der Waals surface area contributed by atoms with Crippen LogP contribution in [-0.2, 0) is 9.53 Å². The predicted octanol–water partition coefficient (Wildman–Crippen LogP) is -0.661. The summed E-state index contributed by atoms with van der Waals surface area (Å²) in [5.74, 6) is -0.261. The molecular weight excluding hydrogens is 310 g/mol. The van der Waals surface area contributed by atoms with Gasteiger partial charge in [-0.1, -0.05) is 12.1 Å². The second-order valence-corrected chi connectivity index (χ2v) is 5.44. The number of amides is 1. The topological polar surface area (TPSA) is 96.0 Å². The Morgan fingerprint density at radius 1 is 1.50 bits per heavy atom. The number of rotatable bonds is 6. The van der Waals surface area contributed by atoms with Gasteiger partial charge in [0.05, 0.1) is 33.4 Å². The second-order valence-electron chi connectivity index (χ2n) is 5.44. The maximum Gasteiger partial charge on any atom is 0.262 e. The molecule has 1 aliphatic rings. The lowest BCUT2D eigenvalue weighted by Gasteiger charge is -2.23. The van der Waals surface area contributed by atoms with Crippen LogP contribution in [0, 0.1) is 11.3 Å². The quantitative estimate of drug-likeness (QED) is 0.475. The molecule has 128 valence electrons. The second kappa shape index (κ2) is 8.91. The standard InChI is InChI=1S/C17H21N3O4/c1-23-15-4-2-3-13(16(15)21)11-14(12-18)17(22)19-5-6-20-7-9-24-10-8-20/h2-4,11,21H,5-10H2,1H3,(H,19,22)/p+1/b14-11-. The molecule has 1 aromatic rings. The highest BCUT2D eigenvalue weighted by atomic mass is 16.5. The number of nitriles is 1. The molecule has 3 N–H and O–H groups in total. The molecule has 7 heteroatoms. The number of hydrogen-bond donors (Lipinski definition) is 3. The highest BCUT2D eigenvalue weighted by Gasteiger charge is 2.15. The van der Waals surface area contributed by atoms with Gasteiger partial charge in [0.25, 0.3) is 5.91 Å². The number of morpholine rings is 1. The fraction of sp³-hybridized carbons (Fsp3) is 0.412. The molecule has 0 radical (unpaired) electrons. The number of aromatic hydroxyl groups is 1. The maximum atomic E-state index is 12.1. The third-order valence-corrected chi connectivity index (χ3v) is 3.88. The summed E-state index contributed by atoms with van der Waals surface area (Å²) in [7, 11) is 1.44. The van der Waals surface area contributed by atoms with Crippen molar-refractivity contribution in [3.8, 4) is 17.6 Å². The summed E-state index contributed by atoms with van der Waals surface area (Å²) in [6.07, 6.45) is 1.36. The van der Waals surface area contributed by atoms with Crippen LogP contribution in [0.15, 0.2) is 23.8 Å². The highest BCUT2D eigenvalue weighted by molar-refractivity contribution is 6.02. The van der Waals surface area contributed by atoms with E-state index in [1.165, 1.54) is 18.1 Å². The number of phenols is 1. The first-order valence-electron chi connectivity index (χ1n) is 7.83. The van der Waals surface area contributed by atoms with Crippen LogP contribution < -0.4 is 15.0 Å². The van der Waals surface area contributed by atoms with E-state index in [1.54, 1.807) is 18.2 Å².